The van der Waals surface area contributed by atoms with Gasteiger partial charge in [0.2, 0.25) is 0 Å². The molecule has 93 valence electrons. The molecule has 1 radical (unpaired) electrons. The Labute approximate surface area is 102 Å². The average Bonchev–Trinajstić information content (AvgIpc) is 3.13. The maximum atomic E-state index is 2.56. The van der Waals surface area contributed by atoms with Crippen molar-refractivity contribution in [1.82, 2.24) is 0 Å². The summed E-state index contributed by atoms with van der Waals surface area (Å²) in [7, 11) is 0. The summed E-state index contributed by atoms with van der Waals surface area (Å²) in [6.07, 6.45) is 21.9. The number of hydrogen-bond donors (Lipinski definition) is 0. The second-order valence-corrected chi connectivity index (χ2v) is 6.10. The van der Waals surface area contributed by atoms with E-state index in [1.165, 1.54) is 83.5 Å². The van der Waals surface area contributed by atoms with Gasteiger partial charge in [0.1, 0.15) is 0 Å². The zero-order valence-electron chi connectivity index (χ0n) is 10.9. The molecule has 0 nitrogen and oxygen atoms in total. The van der Waals surface area contributed by atoms with Crippen LogP contribution in [-0.2, 0) is 0 Å². The first kappa shape index (κ1) is 12.5. The Balaban J connectivity index is 1.33. The SMILES string of the molecule is [CH](CCCC1CCCCC1)CCCC1CC1. The van der Waals surface area contributed by atoms with Crippen molar-refractivity contribution < 1.29 is 0 Å². The van der Waals surface area contributed by atoms with Gasteiger partial charge in [-0.05, 0) is 18.3 Å². The van der Waals surface area contributed by atoms with Crippen molar-refractivity contribution in [2.24, 2.45) is 11.8 Å². The van der Waals surface area contributed by atoms with Crippen LogP contribution in [0.5, 0.6) is 0 Å². The van der Waals surface area contributed by atoms with E-state index in [9.17, 15) is 0 Å². The van der Waals surface area contributed by atoms with Crippen LogP contribution in [0.1, 0.15) is 83.5 Å². The maximum absolute atomic E-state index is 2.56. The van der Waals surface area contributed by atoms with Crippen LogP contribution in [0.3, 0.4) is 0 Å². The van der Waals surface area contributed by atoms with Crippen molar-refractivity contribution in [3.05, 3.63) is 6.42 Å². The van der Waals surface area contributed by atoms with E-state index < -0.39 is 0 Å². The lowest BCUT2D eigenvalue weighted by Gasteiger charge is -2.21. The standard InChI is InChI=1S/C16H29/c1(3-6-12-16-13-14-16)2-5-9-15-10-7-4-8-11-15/h1,15-16H,2-14H2. The molecule has 0 N–H and O–H groups in total. The first-order valence-corrected chi connectivity index (χ1v) is 7.77. The zero-order valence-corrected chi connectivity index (χ0v) is 10.9. The Kier molecular flexibility index (Phi) is 5.72. The molecule has 2 saturated carbocycles. The summed E-state index contributed by atoms with van der Waals surface area (Å²) in [5.41, 5.74) is 0. The number of unbranched alkanes of at least 4 members (excludes halogenated alkanes) is 4. The molecule has 0 amide bonds. The fourth-order valence-corrected chi connectivity index (χ4v) is 3.13. The Bertz CT molecular complexity index is 163. The fourth-order valence-electron chi connectivity index (χ4n) is 3.13. The molecule has 0 heteroatoms. The van der Waals surface area contributed by atoms with E-state index in [2.05, 4.69) is 6.42 Å². The maximum Gasteiger partial charge on any atom is -0.0386 e. The van der Waals surface area contributed by atoms with Crippen LogP contribution < -0.4 is 0 Å². The van der Waals surface area contributed by atoms with Crippen molar-refractivity contribution in [3.63, 3.8) is 0 Å². The van der Waals surface area contributed by atoms with E-state index in [0.717, 1.165) is 11.8 Å². The lowest BCUT2D eigenvalue weighted by molar-refractivity contribution is 0.331. The van der Waals surface area contributed by atoms with E-state index in [4.69, 9.17) is 0 Å². The Morgan fingerprint density at radius 1 is 0.688 bits per heavy atom. The van der Waals surface area contributed by atoms with Gasteiger partial charge in [-0.25, -0.2) is 0 Å². The molecule has 0 unspecified atom stereocenters. The highest BCUT2D eigenvalue weighted by Crippen LogP contribution is 2.34. The van der Waals surface area contributed by atoms with E-state index in [-0.39, 0.29) is 0 Å². The smallest absolute Gasteiger partial charge is 0.0386 e. The van der Waals surface area contributed by atoms with Crippen molar-refractivity contribution in [2.75, 3.05) is 0 Å². The van der Waals surface area contributed by atoms with Crippen LogP contribution in [0.4, 0.5) is 0 Å². The lowest BCUT2D eigenvalue weighted by atomic mass is 9.85. The molecule has 0 aromatic carbocycles. The van der Waals surface area contributed by atoms with E-state index in [0.29, 0.717) is 0 Å². The Morgan fingerprint density at radius 2 is 1.25 bits per heavy atom. The molecule has 2 fully saturated rings. The molecule has 2 rings (SSSR count). The van der Waals surface area contributed by atoms with E-state index in [1.54, 1.807) is 0 Å². The molecule has 2 aliphatic rings. The topological polar surface area (TPSA) is 0 Å². The molecule has 0 aliphatic heterocycles. The van der Waals surface area contributed by atoms with Crippen LogP contribution in [-0.4, -0.2) is 0 Å². The molecule has 2 aliphatic carbocycles. The third kappa shape index (κ3) is 5.37. The van der Waals surface area contributed by atoms with Gasteiger partial charge in [-0.2, -0.15) is 0 Å². The minimum absolute atomic E-state index is 1.09. The second kappa shape index (κ2) is 7.35. The lowest BCUT2D eigenvalue weighted by Crippen LogP contribution is -2.05. The molecule has 0 aromatic heterocycles. The second-order valence-electron chi connectivity index (χ2n) is 6.10. The average molecular weight is 221 g/mol. The normalized spacial score (nSPS) is 22.5. The molecule has 0 bridgehead atoms. The summed E-state index contributed by atoms with van der Waals surface area (Å²) in [4.78, 5) is 0. The molecular weight excluding hydrogens is 192 g/mol. The minimum atomic E-state index is 1.09. The number of hydrogen-bond acceptors (Lipinski definition) is 0. The van der Waals surface area contributed by atoms with Gasteiger partial charge in [0.05, 0.1) is 0 Å². The highest BCUT2D eigenvalue weighted by Gasteiger charge is 2.19. The molecule has 0 saturated heterocycles. The van der Waals surface area contributed by atoms with E-state index >= 15 is 0 Å². The van der Waals surface area contributed by atoms with Crippen molar-refractivity contribution in [1.29, 1.82) is 0 Å². The van der Waals surface area contributed by atoms with Crippen molar-refractivity contribution in [2.45, 2.75) is 83.5 Å². The summed E-state index contributed by atoms with van der Waals surface area (Å²) < 4.78 is 0. The third-order valence-corrected chi connectivity index (χ3v) is 4.46. The first-order chi connectivity index (χ1) is 7.95. The Morgan fingerprint density at radius 3 is 1.81 bits per heavy atom. The summed E-state index contributed by atoms with van der Waals surface area (Å²) in [5, 5.41) is 0. The summed E-state index contributed by atoms with van der Waals surface area (Å²) in [6, 6.07) is 0. The monoisotopic (exact) mass is 221 g/mol. The van der Waals surface area contributed by atoms with Crippen LogP contribution in [0.15, 0.2) is 0 Å². The van der Waals surface area contributed by atoms with Gasteiger partial charge >= 0.3 is 0 Å². The van der Waals surface area contributed by atoms with Gasteiger partial charge < -0.3 is 0 Å². The van der Waals surface area contributed by atoms with Gasteiger partial charge in [0, 0.05) is 0 Å². The van der Waals surface area contributed by atoms with Crippen LogP contribution >= 0.6 is 0 Å². The van der Waals surface area contributed by atoms with Gasteiger partial charge in [0.15, 0.2) is 0 Å². The van der Waals surface area contributed by atoms with Crippen molar-refractivity contribution in [3.8, 4) is 0 Å². The fraction of sp³-hybridized carbons (Fsp3) is 0.938. The first-order valence-electron chi connectivity index (χ1n) is 7.77. The predicted molar refractivity (Wildman–Crippen MR) is 71.3 cm³/mol. The molecule has 16 heavy (non-hydrogen) atoms. The Hall–Kier alpha value is 0. The summed E-state index contributed by atoms with van der Waals surface area (Å²) in [5.74, 6) is 2.23. The van der Waals surface area contributed by atoms with Crippen LogP contribution in [0.2, 0.25) is 0 Å². The molecule has 0 spiro atoms. The molecular formula is C16H29. The predicted octanol–water partition coefficient (Wildman–Crippen LogP) is 5.52. The van der Waals surface area contributed by atoms with E-state index in [1.807, 2.05) is 0 Å². The molecule has 0 atom stereocenters. The quantitative estimate of drug-likeness (QED) is 0.473. The highest BCUT2D eigenvalue weighted by atomic mass is 14.3. The van der Waals surface area contributed by atoms with Gasteiger partial charge in [0.25, 0.3) is 0 Å². The molecule has 0 aromatic rings. The highest BCUT2D eigenvalue weighted by molar-refractivity contribution is 4.75. The minimum Gasteiger partial charge on any atom is -0.0533 e. The zero-order chi connectivity index (χ0) is 11.1. The largest absolute Gasteiger partial charge is 0.0533 e. The number of rotatable bonds is 8. The van der Waals surface area contributed by atoms with Gasteiger partial charge in [-0.1, -0.05) is 83.5 Å². The molecule has 0 heterocycles. The van der Waals surface area contributed by atoms with Gasteiger partial charge in [-0.15, -0.1) is 0 Å². The van der Waals surface area contributed by atoms with Crippen molar-refractivity contribution >= 4 is 0 Å². The van der Waals surface area contributed by atoms with Crippen LogP contribution in [0.25, 0.3) is 0 Å². The summed E-state index contributed by atoms with van der Waals surface area (Å²) in [6.45, 7) is 0. The summed E-state index contributed by atoms with van der Waals surface area (Å²) >= 11 is 0. The third-order valence-electron chi connectivity index (χ3n) is 4.46. The van der Waals surface area contributed by atoms with Gasteiger partial charge in [-0.3, -0.25) is 0 Å². The van der Waals surface area contributed by atoms with Crippen LogP contribution in [0, 0.1) is 18.3 Å².